The molecule has 0 unspecified atom stereocenters. The summed E-state index contributed by atoms with van der Waals surface area (Å²) in [7, 11) is 1.70. The molecular formula is C25H28F6N2O7. The number of benzene rings is 1. The number of pyridine rings is 1. The molecule has 9 nitrogen and oxygen atoms in total. The zero-order valence-corrected chi connectivity index (χ0v) is 21.2. The molecule has 2 aliphatic rings. The first-order valence-corrected chi connectivity index (χ1v) is 11.8. The first kappa shape index (κ1) is 32.8. The molecule has 2 aliphatic heterocycles. The first-order valence-electron chi connectivity index (χ1n) is 11.8. The van der Waals surface area contributed by atoms with Crippen LogP contribution in [0.3, 0.4) is 0 Å². The Bertz CT molecular complexity index is 1040. The highest BCUT2D eigenvalue weighted by atomic mass is 19.4. The maximum absolute atomic E-state index is 10.6. The SMILES string of the molecule is COc1ccc(CN2C[C@@H](OCc3ccncc3)[C@@H]3OCCC[C@@H]32)cc1.O=C(O)C(F)(F)F.O=C(O)C(F)(F)F. The molecule has 40 heavy (non-hydrogen) atoms. The van der Waals surface area contributed by atoms with Crippen LogP contribution in [0.5, 0.6) is 5.75 Å². The number of ether oxygens (including phenoxy) is 3. The Morgan fingerprint density at radius 2 is 1.52 bits per heavy atom. The van der Waals surface area contributed by atoms with Gasteiger partial charge in [0.15, 0.2) is 0 Å². The van der Waals surface area contributed by atoms with E-state index in [-0.39, 0.29) is 12.2 Å². The van der Waals surface area contributed by atoms with Crippen molar-refractivity contribution < 1.29 is 60.4 Å². The molecule has 1 aromatic carbocycles. The number of methoxy groups -OCH3 is 1. The summed E-state index contributed by atoms with van der Waals surface area (Å²) in [5, 5.41) is 14.2. The Kier molecular flexibility index (Phi) is 12.1. The van der Waals surface area contributed by atoms with E-state index in [0.717, 1.165) is 37.4 Å². The molecule has 3 heterocycles. The predicted octanol–water partition coefficient (Wildman–Crippen LogP) is 4.31. The molecule has 0 aliphatic carbocycles. The second-order valence-corrected chi connectivity index (χ2v) is 8.63. The third-order valence-electron chi connectivity index (χ3n) is 5.83. The smallest absolute Gasteiger partial charge is 0.490 e. The Hall–Kier alpha value is -3.43. The van der Waals surface area contributed by atoms with Gasteiger partial charge in [-0.15, -0.1) is 0 Å². The van der Waals surface area contributed by atoms with E-state index in [9.17, 15) is 26.3 Å². The van der Waals surface area contributed by atoms with Gasteiger partial charge in [0.2, 0.25) is 0 Å². The molecular weight excluding hydrogens is 554 g/mol. The molecule has 0 amide bonds. The Morgan fingerprint density at radius 1 is 0.975 bits per heavy atom. The van der Waals surface area contributed by atoms with E-state index >= 15 is 0 Å². The molecule has 222 valence electrons. The van der Waals surface area contributed by atoms with Crippen LogP contribution in [0.1, 0.15) is 24.0 Å². The van der Waals surface area contributed by atoms with Gasteiger partial charge >= 0.3 is 24.3 Å². The molecule has 1 aromatic heterocycles. The maximum Gasteiger partial charge on any atom is 0.490 e. The number of likely N-dealkylation sites (tertiary alicyclic amines) is 1. The van der Waals surface area contributed by atoms with Crippen LogP contribution in [-0.2, 0) is 32.2 Å². The largest absolute Gasteiger partial charge is 0.497 e. The molecule has 3 atom stereocenters. The number of carboxylic acids is 2. The van der Waals surface area contributed by atoms with Crippen molar-refractivity contribution >= 4 is 11.9 Å². The van der Waals surface area contributed by atoms with Crippen molar-refractivity contribution in [3.63, 3.8) is 0 Å². The summed E-state index contributed by atoms with van der Waals surface area (Å²) >= 11 is 0. The van der Waals surface area contributed by atoms with Crippen LogP contribution in [0.15, 0.2) is 48.8 Å². The second-order valence-electron chi connectivity index (χ2n) is 8.63. The van der Waals surface area contributed by atoms with Gasteiger partial charge in [-0.3, -0.25) is 9.88 Å². The van der Waals surface area contributed by atoms with Gasteiger partial charge in [-0.25, -0.2) is 9.59 Å². The van der Waals surface area contributed by atoms with Gasteiger partial charge in [0.25, 0.3) is 0 Å². The van der Waals surface area contributed by atoms with E-state index in [0.29, 0.717) is 12.6 Å². The third-order valence-corrected chi connectivity index (χ3v) is 5.83. The van der Waals surface area contributed by atoms with E-state index < -0.39 is 24.3 Å². The molecule has 4 rings (SSSR count). The van der Waals surface area contributed by atoms with E-state index in [1.807, 2.05) is 36.7 Å². The Morgan fingerprint density at radius 3 is 2.02 bits per heavy atom. The van der Waals surface area contributed by atoms with E-state index in [1.54, 1.807) is 7.11 Å². The second kappa shape index (κ2) is 14.8. The zero-order valence-electron chi connectivity index (χ0n) is 21.2. The van der Waals surface area contributed by atoms with Crippen LogP contribution in [0.2, 0.25) is 0 Å². The molecule has 0 bridgehead atoms. The number of alkyl halides is 6. The molecule has 2 aromatic rings. The summed E-state index contributed by atoms with van der Waals surface area (Å²) in [6.45, 7) is 3.28. The zero-order chi connectivity index (χ0) is 29.9. The number of hydrogen-bond donors (Lipinski definition) is 2. The molecule has 0 saturated carbocycles. The molecule has 0 spiro atoms. The van der Waals surface area contributed by atoms with Crippen LogP contribution in [0.4, 0.5) is 26.3 Å². The highest BCUT2D eigenvalue weighted by Crippen LogP contribution is 2.32. The number of halogens is 6. The average Bonchev–Trinajstić information content (AvgIpc) is 3.25. The highest BCUT2D eigenvalue weighted by Gasteiger charge is 2.44. The third kappa shape index (κ3) is 10.6. The lowest BCUT2D eigenvalue weighted by Gasteiger charge is -2.32. The fraction of sp³-hybridized carbons (Fsp3) is 0.480. The number of carboxylic acid groups (broad SMARTS) is 2. The van der Waals surface area contributed by atoms with Crippen molar-refractivity contribution in [3.05, 3.63) is 59.9 Å². The first-order chi connectivity index (χ1) is 18.7. The van der Waals surface area contributed by atoms with Crippen molar-refractivity contribution in [1.29, 1.82) is 0 Å². The Labute approximate surface area is 225 Å². The van der Waals surface area contributed by atoms with E-state index in [1.165, 1.54) is 12.0 Å². The van der Waals surface area contributed by atoms with Gasteiger partial charge in [0.05, 0.1) is 19.8 Å². The minimum absolute atomic E-state index is 0.117. The lowest BCUT2D eigenvalue weighted by Crippen LogP contribution is -2.41. The van der Waals surface area contributed by atoms with E-state index in [2.05, 4.69) is 22.0 Å². The van der Waals surface area contributed by atoms with Crippen molar-refractivity contribution in [2.75, 3.05) is 20.3 Å². The lowest BCUT2D eigenvalue weighted by atomic mass is 10.0. The quantitative estimate of drug-likeness (QED) is 0.481. The summed E-state index contributed by atoms with van der Waals surface area (Å²) in [6, 6.07) is 12.8. The maximum atomic E-state index is 10.6. The molecule has 2 N–H and O–H groups in total. The monoisotopic (exact) mass is 582 g/mol. The van der Waals surface area contributed by atoms with Gasteiger partial charge in [-0.2, -0.15) is 26.3 Å². The topological polar surface area (TPSA) is 118 Å². The fourth-order valence-electron chi connectivity index (χ4n) is 3.98. The number of nitrogens with zero attached hydrogens (tertiary/aromatic N) is 2. The number of hydrogen-bond acceptors (Lipinski definition) is 7. The normalized spacial score (nSPS) is 20.7. The minimum atomic E-state index is -5.08. The summed E-state index contributed by atoms with van der Waals surface area (Å²) in [5.41, 5.74) is 2.45. The number of carbonyl (C=O) groups is 2. The van der Waals surface area contributed by atoms with Gasteiger partial charge in [-0.1, -0.05) is 12.1 Å². The molecule has 0 radical (unpaired) electrons. The van der Waals surface area contributed by atoms with Crippen molar-refractivity contribution in [1.82, 2.24) is 9.88 Å². The Balaban J connectivity index is 0.000000333. The van der Waals surface area contributed by atoms with Gasteiger partial charge in [0, 0.05) is 38.1 Å². The van der Waals surface area contributed by atoms with Crippen molar-refractivity contribution in [3.8, 4) is 5.75 Å². The standard InChI is InChI=1S/C21H26N2O3.2C2HF3O2/c1-24-18-6-4-16(5-7-18)13-23-14-20(21-19(23)3-2-12-25-21)26-15-17-8-10-22-11-9-17;2*3-2(4,5)1(6)7/h4-11,19-21H,2-3,12-15H2,1H3;2*(H,6,7)/t19-,20+,21+;;/m0../s1. The van der Waals surface area contributed by atoms with E-state index in [4.69, 9.17) is 34.0 Å². The number of aliphatic carboxylic acids is 2. The fourth-order valence-corrected chi connectivity index (χ4v) is 3.98. The predicted molar refractivity (Wildman–Crippen MR) is 126 cm³/mol. The lowest BCUT2D eigenvalue weighted by molar-refractivity contribution is -0.193. The van der Waals surface area contributed by atoms with Crippen molar-refractivity contribution in [2.45, 2.75) is 56.6 Å². The minimum Gasteiger partial charge on any atom is -0.497 e. The van der Waals surface area contributed by atoms with Gasteiger partial charge in [-0.05, 0) is 48.2 Å². The van der Waals surface area contributed by atoms with Crippen molar-refractivity contribution in [2.24, 2.45) is 0 Å². The number of aromatic nitrogens is 1. The van der Waals surface area contributed by atoms with Gasteiger partial charge < -0.3 is 24.4 Å². The van der Waals surface area contributed by atoms with Crippen LogP contribution in [-0.4, -0.2) is 82.9 Å². The number of rotatable bonds is 6. The van der Waals surface area contributed by atoms with Crippen LogP contribution in [0.25, 0.3) is 0 Å². The highest BCUT2D eigenvalue weighted by molar-refractivity contribution is 5.73. The van der Waals surface area contributed by atoms with Crippen LogP contribution < -0.4 is 4.74 Å². The summed E-state index contributed by atoms with van der Waals surface area (Å²) in [6.07, 6.45) is -3.96. The average molecular weight is 582 g/mol. The molecule has 2 saturated heterocycles. The molecule has 2 fully saturated rings. The summed E-state index contributed by atoms with van der Waals surface area (Å²) in [4.78, 5) is 24.4. The van der Waals surface area contributed by atoms with Crippen LogP contribution >= 0.6 is 0 Å². The van der Waals surface area contributed by atoms with Gasteiger partial charge in [0.1, 0.15) is 11.9 Å². The summed E-state index contributed by atoms with van der Waals surface area (Å²) in [5.74, 6) is -4.62. The van der Waals surface area contributed by atoms with Crippen LogP contribution in [0, 0.1) is 0 Å². The number of fused-ring (bicyclic) bond motifs is 1. The summed E-state index contributed by atoms with van der Waals surface area (Å²) < 4.78 is 81.1. The molecule has 15 heteroatoms.